The predicted molar refractivity (Wildman–Crippen MR) is 130 cm³/mol. The van der Waals surface area contributed by atoms with E-state index in [9.17, 15) is 22.4 Å². The Morgan fingerprint density at radius 2 is 1.79 bits per heavy atom. The monoisotopic (exact) mass is 513 g/mol. The zero-order valence-corrected chi connectivity index (χ0v) is 21.3. The van der Waals surface area contributed by atoms with Crippen LogP contribution in [-0.4, -0.2) is 57.1 Å². The number of rotatable bonds is 10. The maximum absolute atomic E-state index is 14.4. The average Bonchev–Trinajstić information content (AvgIpc) is 2.75. The lowest BCUT2D eigenvalue weighted by Crippen LogP contribution is -2.52. The Bertz CT molecular complexity index is 1140. The molecule has 0 aliphatic carbocycles. The van der Waals surface area contributed by atoms with Crippen molar-refractivity contribution in [3.8, 4) is 5.75 Å². The van der Waals surface area contributed by atoms with Gasteiger partial charge in [-0.25, -0.2) is 12.8 Å². The second-order valence-electron chi connectivity index (χ2n) is 8.04. The Morgan fingerprint density at radius 1 is 1.15 bits per heavy atom. The second kappa shape index (κ2) is 11.5. The Hall–Kier alpha value is -2.85. The van der Waals surface area contributed by atoms with Crippen molar-refractivity contribution in [3.05, 3.63) is 58.9 Å². The Balaban J connectivity index is 2.48. The van der Waals surface area contributed by atoms with Crippen molar-refractivity contribution in [2.24, 2.45) is 0 Å². The summed E-state index contributed by atoms with van der Waals surface area (Å²) in [5.41, 5.74) is 0.252. The lowest BCUT2D eigenvalue weighted by Gasteiger charge is -2.32. The minimum absolute atomic E-state index is 0.0657. The van der Waals surface area contributed by atoms with Crippen LogP contribution >= 0.6 is 11.6 Å². The Labute approximate surface area is 204 Å². The third kappa shape index (κ3) is 7.07. The highest BCUT2D eigenvalue weighted by Crippen LogP contribution is 2.33. The van der Waals surface area contributed by atoms with E-state index in [4.69, 9.17) is 16.3 Å². The van der Waals surface area contributed by atoms with E-state index in [1.807, 2.05) is 0 Å². The van der Waals surface area contributed by atoms with Gasteiger partial charge in [-0.3, -0.25) is 13.9 Å². The summed E-state index contributed by atoms with van der Waals surface area (Å²) in [7, 11) is -2.61. The average molecular weight is 514 g/mol. The highest BCUT2D eigenvalue weighted by Gasteiger charge is 2.31. The Morgan fingerprint density at radius 3 is 2.35 bits per heavy atom. The number of hydrogen-bond donors (Lipinski definition) is 1. The largest absolute Gasteiger partial charge is 0.495 e. The van der Waals surface area contributed by atoms with E-state index in [0.717, 1.165) is 15.5 Å². The maximum Gasteiger partial charge on any atom is 0.244 e. The maximum atomic E-state index is 14.4. The molecule has 11 heteroatoms. The summed E-state index contributed by atoms with van der Waals surface area (Å²) in [6.07, 6.45) is 0.941. The number of amides is 2. The van der Waals surface area contributed by atoms with Crippen LogP contribution in [0.25, 0.3) is 0 Å². The van der Waals surface area contributed by atoms with E-state index in [2.05, 4.69) is 5.32 Å². The quantitative estimate of drug-likeness (QED) is 0.526. The predicted octanol–water partition coefficient (Wildman–Crippen LogP) is 3.20. The van der Waals surface area contributed by atoms with Gasteiger partial charge in [-0.1, -0.05) is 29.8 Å². The molecule has 0 aliphatic heterocycles. The second-order valence-corrected chi connectivity index (χ2v) is 10.4. The van der Waals surface area contributed by atoms with Crippen LogP contribution in [0.5, 0.6) is 5.75 Å². The summed E-state index contributed by atoms with van der Waals surface area (Å²) in [6, 6.07) is 9.04. The first-order chi connectivity index (χ1) is 15.8. The van der Waals surface area contributed by atoms with Gasteiger partial charge >= 0.3 is 0 Å². The van der Waals surface area contributed by atoms with Gasteiger partial charge in [0.1, 0.15) is 24.2 Å². The van der Waals surface area contributed by atoms with Gasteiger partial charge in [0.25, 0.3) is 0 Å². The van der Waals surface area contributed by atoms with Gasteiger partial charge in [-0.2, -0.15) is 0 Å². The topological polar surface area (TPSA) is 96.0 Å². The van der Waals surface area contributed by atoms with Gasteiger partial charge in [-0.05, 0) is 45.0 Å². The summed E-state index contributed by atoms with van der Waals surface area (Å²) in [5.74, 6) is -1.52. The molecule has 0 aliphatic rings. The molecule has 2 aromatic rings. The minimum Gasteiger partial charge on any atom is -0.495 e. The number of anilines is 1. The molecule has 0 radical (unpaired) electrons. The number of methoxy groups -OCH3 is 1. The molecule has 0 saturated carbocycles. The summed E-state index contributed by atoms with van der Waals surface area (Å²) < 4.78 is 45.8. The summed E-state index contributed by atoms with van der Waals surface area (Å²) >= 11 is 6.07. The number of benzene rings is 2. The van der Waals surface area contributed by atoms with Gasteiger partial charge in [0.05, 0.1) is 19.1 Å². The van der Waals surface area contributed by atoms with E-state index in [1.54, 1.807) is 19.9 Å². The van der Waals surface area contributed by atoms with Crippen LogP contribution < -0.4 is 14.4 Å². The molecule has 8 nitrogen and oxygen atoms in total. The molecule has 186 valence electrons. The molecule has 2 rings (SSSR count). The van der Waals surface area contributed by atoms with Crippen molar-refractivity contribution in [2.75, 3.05) is 24.2 Å². The fourth-order valence-corrected chi connectivity index (χ4v) is 4.26. The van der Waals surface area contributed by atoms with Crippen LogP contribution in [0.2, 0.25) is 5.02 Å². The van der Waals surface area contributed by atoms with E-state index >= 15 is 0 Å². The number of ether oxygens (including phenoxy) is 1. The van der Waals surface area contributed by atoms with Crippen molar-refractivity contribution in [2.45, 2.75) is 39.4 Å². The van der Waals surface area contributed by atoms with Crippen molar-refractivity contribution >= 4 is 39.1 Å². The SMILES string of the molecule is COc1ccc(Cl)cc1N(CC(=O)N(Cc1ccccc1F)[C@@H](C)C(=O)NC(C)C)S(C)(=O)=O. The number of halogens is 2. The number of hydrogen-bond acceptors (Lipinski definition) is 5. The van der Waals surface area contributed by atoms with Crippen LogP contribution in [0.4, 0.5) is 10.1 Å². The molecule has 0 spiro atoms. The van der Waals surface area contributed by atoms with E-state index in [0.29, 0.717) is 0 Å². The molecule has 0 fully saturated rings. The highest BCUT2D eigenvalue weighted by atomic mass is 35.5. The van der Waals surface area contributed by atoms with E-state index < -0.39 is 40.2 Å². The van der Waals surface area contributed by atoms with Crippen LogP contribution in [-0.2, 0) is 26.2 Å². The third-order valence-corrected chi connectivity index (χ3v) is 6.35. The molecule has 0 saturated heterocycles. The number of nitrogens with one attached hydrogen (secondary N) is 1. The third-order valence-electron chi connectivity index (χ3n) is 4.99. The van der Waals surface area contributed by atoms with Crippen molar-refractivity contribution < 1.29 is 27.1 Å². The molecule has 0 heterocycles. The fourth-order valence-electron chi connectivity index (χ4n) is 3.25. The van der Waals surface area contributed by atoms with E-state index in [1.165, 1.54) is 50.4 Å². The number of sulfonamides is 1. The first-order valence-corrected chi connectivity index (χ1v) is 12.7. The first kappa shape index (κ1) is 27.4. The summed E-state index contributed by atoms with van der Waals surface area (Å²) in [4.78, 5) is 27.3. The van der Waals surface area contributed by atoms with E-state index in [-0.39, 0.29) is 34.6 Å². The first-order valence-electron chi connectivity index (χ1n) is 10.5. The van der Waals surface area contributed by atoms with Gasteiger partial charge in [0.2, 0.25) is 21.8 Å². The molecular weight excluding hydrogens is 485 g/mol. The molecular formula is C23H29ClFN3O5S. The molecule has 0 unspecified atom stereocenters. The summed E-state index contributed by atoms with van der Waals surface area (Å²) in [5, 5.41) is 2.96. The molecule has 0 bridgehead atoms. The summed E-state index contributed by atoms with van der Waals surface area (Å²) in [6.45, 7) is 4.15. The lowest BCUT2D eigenvalue weighted by atomic mass is 10.1. The zero-order valence-electron chi connectivity index (χ0n) is 19.7. The molecule has 1 N–H and O–H groups in total. The molecule has 0 aromatic heterocycles. The number of carbonyl (C=O) groups excluding carboxylic acids is 2. The molecule has 2 amide bonds. The molecule has 34 heavy (non-hydrogen) atoms. The van der Waals surface area contributed by atoms with Crippen LogP contribution in [0.1, 0.15) is 26.3 Å². The van der Waals surface area contributed by atoms with Crippen LogP contribution in [0.3, 0.4) is 0 Å². The Kier molecular flexibility index (Phi) is 9.29. The fraction of sp³-hybridized carbons (Fsp3) is 0.391. The standard InChI is InChI=1S/C23H29ClFN3O5S/c1-15(2)26-23(30)16(3)27(13-17-8-6-7-9-19(17)25)22(29)14-28(34(5,31)32)20-12-18(24)10-11-21(20)33-4/h6-12,15-16H,13-14H2,1-5H3,(H,26,30)/t16-/m0/s1. The van der Waals surface area contributed by atoms with Crippen LogP contribution in [0.15, 0.2) is 42.5 Å². The van der Waals surface area contributed by atoms with Gasteiger partial charge in [-0.15, -0.1) is 0 Å². The van der Waals surface area contributed by atoms with Crippen molar-refractivity contribution in [1.29, 1.82) is 0 Å². The molecule has 1 atom stereocenters. The van der Waals surface area contributed by atoms with Crippen molar-refractivity contribution in [1.82, 2.24) is 10.2 Å². The molecule has 2 aromatic carbocycles. The number of carbonyl (C=O) groups is 2. The highest BCUT2D eigenvalue weighted by molar-refractivity contribution is 7.92. The minimum atomic E-state index is -3.97. The lowest BCUT2D eigenvalue weighted by molar-refractivity contribution is -0.139. The normalized spacial score (nSPS) is 12.2. The van der Waals surface area contributed by atoms with Gasteiger partial charge in [0, 0.05) is 23.2 Å². The number of nitrogens with zero attached hydrogens (tertiary/aromatic N) is 2. The van der Waals surface area contributed by atoms with Gasteiger partial charge < -0.3 is 15.0 Å². The zero-order chi connectivity index (χ0) is 25.6. The van der Waals surface area contributed by atoms with Gasteiger partial charge in [0.15, 0.2) is 0 Å². The smallest absolute Gasteiger partial charge is 0.244 e. The van der Waals surface area contributed by atoms with Crippen LogP contribution in [0, 0.1) is 5.82 Å². The van der Waals surface area contributed by atoms with Crippen molar-refractivity contribution in [3.63, 3.8) is 0 Å².